The van der Waals surface area contributed by atoms with Crippen molar-refractivity contribution in [2.24, 2.45) is 0 Å². The summed E-state index contributed by atoms with van der Waals surface area (Å²) in [5, 5.41) is 105. The number of alkyl halides is 3. The third-order valence-corrected chi connectivity index (χ3v) is 13.7. The molecule has 0 aliphatic carbocycles. The Kier molecular flexibility index (Phi) is 154. The van der Waals surface area contributed by atoms with E-state index >= 15 is 0 Å². The third kappa shape index (κ3) is 163. The second-order valence-corrected chi connectivity index (χ2v) is 24.1. The molecular formula is C77H150Br3N9O35. The van der Waals surface area contributed by atoms with Gasteiger partial charge in [0.05, 0.1) is 339 Å². The smallest absolute Gasteiger partial charge is 0.307 e. The van der Waals surface area contributed by atoms with E-state index in [1.165, 1.54) is 34.2 Å². The molecule has 734 valence electrons. The molecule has 0 spiro atoms. The van der Waals surface area contributed by atoms with Gasteiger partial charge in [0.25, 0.3) is 0 Å². The molecule has 0 aromatic rings. The topological polar surface area (TPSA) is 625 Å². The van der Waals surface area contributed by atoms with Crippen LogP contribution >= 0.6 is 47.8 Å². The number of hydrogen-bond donors (Lipinski definition) is 14. The van der Waals surface area contributed by atoms with Gasteiger partial charge in [0.1, 0.15) is 0 Å². The van der Waals surface area contributed by atoms with E-state index in [1.807, 2.05) is 25.1 Å². The number of nitrogens with zero attached hydrogens (tertiary/aromatic N) is 3. The largest absolute Gasteiger partial charge is 0.469 e. The number of unbranched alkanes of at least 4 members (excludes halogenated alkanes) is 1. The Morgan fingerprint density at radius 2 is 0.403 bits per heavy atom. The number of aliphatic hydroxyl groups excluding tert-OH is 8. The lowest BCUT2D eigenvalue weighted by molar-refractivity contribution is -0.143. The second kappa shape index (κ2) is 138. The highest BCUT2D eigenvalue weighted by Gasteiger charge is 2.07. The van der Waals surface area contributed by atoms with Crippen LogP contribution in [0.15, 0.2) is 0 Å². The summed E-state index contributed by atoms with van der Waals surface area (Å²) in [6.07, 6.45) is 6.19. The van der Waals surface area contributed by atoms with E-state index in [4.69, 9.17) is 128 Å². The van der Waals surface area contributed by atoms with Crippen LogP contribution < -0.4 is 31.9 Å². The quantitative estimate of drug-likeness (QED) is 0.0147. The number of carbonyl (C=O) groups excluding carboxylic acids is 9. The van der Waals surface area contributed by atoms with Crippen molar-refractivity contribution in [1.29, 1.82) is 15.8 Å². The minimum atomic E-state index is -0.299. The first kappa shape index (κ1) is 139. The summed E-state index contributed by atoms with van der Waals surface area (Å²) in [4.78, 5) is 99.5. The summed E-state index contributed by atoms with van der Waals surface area (Å²) >= 11 is 9.16. The maximum atomic E-state index is 11.8. The van der Waals surface area contributed by atoms with Crippen molar-refractivity contribution in [3.05, 3.63) is 0 Å². The maximum absolute atomic E-state index is 11.8. The molecule has 0 rings (SSSR count). The van der Waals surface area contributed by atoms with Gasteiger partial charge in [-0.2, -0.15) is 15.8 Å². The summed E-state index contributed by atoms with van der Waals surface area (Å²) < 4.78 is 90.6. The van der Waals surface area contributed by atoms with E-state index in [2.05, 4.69) is 108 Å². The first-order valence-corrected chi connectivity index (χ1v) is 43.7. The van der Waals surface area contributed by atoms with Gasteiger partial charge in [0.2, 0.25) is 35.4 Å². The molecule has 0 bridgehead atoms. The molecule has 0 atom stereocenters. The van der Waals surface area contributed by atoms with E-state index in [0.29, 0.717) is 237 Å². The molecule has 0 saturated heterocycles. The lowest BCUT2D eigenvalue weighted by Crippen LogP contribution is -2.29. The number of ether oxygens (including phenoxy) is 18. The van der Waals surface area contributed by atoms with E-state index in [-0.39, 0.29) is 181 Å². The van der Waals surface area contributed by atoms with Gasteiger partial charge in [0, 0.05) is 65.1 Å². The van der Waals surface area contributed by atoms with Crippen molar-refractivity contribution < 1.29 is 169 Å². The van der Waals surface area contributed by atoms with Gasteiger partial charge < -0.3 is 158 Å². The zero-order valence-corrected chi connectivity index (χ0v) is 78.6. The normalized spacial score (nSPS) is 9.73. The number of nitrogens with one attached hydrogen (secondary N) is 6. The minimum absolute atomic E-state index is 0.0127. The molecule has 0 fully saturated rings. The van der Waals surface area contributed by atoms with Crippen LogP contribution in [0.5, 0.6) is 0 Å². The number of halogens is 3. The molecule has 0 unspecified atom stereocenters. The average Bonchev–Trinajstić information content (AvgIpc) is 1.03. The van der Waals surface area contributed by atoms with Crippen molar-refractivity contribution >= 4 is 101 Å². The zero-order chi connectivity index (χ0) is 95.0. The molecule has 0 aliphatic rings. The predicted octanol–water partition coefficient (Wildman–Crippen LogP) is -1.24. The third-order valence-electron chi connectivity index (χ3n) is 12.2. The highest BCUT2D eigenvalue weighted by Crippen LogP contribution is 1.94. The summed E-state index contributed by atoms with van der Waals surface area (Å²) in [5.74, 6) is -1.51. The van der Waals surface area contributed by atoms with Crippen LogP contribution in [-0.4, -0.2) is 422 Å². The van der Waals surface area contributed by atoms with Crippen molar-refractivity contribution in [3.8, 4) is 18.2 Å². The second-order valence-electron chi connectivity index (χ2n) is 22.4. The number of nitriles is 3. The molecule has 14 N–H and O–H groups in total. The number of carbonyl (C=O) groups is 9. The van der Waals surface area contributed by atoms with Crippen LogP contribution in [0.25, 0.3) is 0 Å². The summed E-state index contributed by atoms with van der Waals surface area (Å²) in [6, 6.07) is 5.86. The number of aliphatic hydroxyl groups is 8. The minimum Gasteiger partial charge on any atom is -0.469 e. The Bertz CT molecular complexity index is 2240. The van der Waals surface area contributed by atoms with Gasteiger partial charge in [-0.15, -0.1) is 0 Å². The lowest BCUT2D eigenvalue weighted by Gasteiger charge is -2.09. The van der Waals surface area contributed by atoms with E-state index in [9.17, 15) is 43.2 Å². The van der Waals surface area contributed by atoms with Crippen LogP contribution in [0.1, 0.15) is 97.8 Å². The monoisotopic (exact) mass is 2000 g/mol. The molecule has 6 amide bonds. The van der Waals surface area contributed by atoms with Crippen molar-refractivity contribution in [3.63, 3.8) is 0 Å². The molecule has 47 heteroatoms. The predicted molar refractivity (Wildman–Crippen MR) is 464 cm³/mol. The summed E-state index contributed by atoms with van der Waals surface area (Å²) in [7, 11) is 3.99. The van der Waals surface area contributed by atoms with Gasteiger partial charge in [-0.1, -0.05) is 81.4 Å². The number of rotatable bonds is 73. The Morgan fingerprint density at radius 3 is 0.565 bits per heavy atom. The fraction of sp³-hybridized carbons (Fsp3) is 0.844. The standard InChI is InChI=1S/C24H44Br2N4O10.C13H25BrN2O6.C10H18O6.C8H12N2O2.C6H12O4.C5H9NO2.C4H10.C3H8O.2C2H6O2/c25-19-23(33)29-5-11-39-17-15-37-9-3-27-21(31)1-7-35-13-14-36-8-2-22(32)28-4-10-38-16-18-40-12-6-30-24(34)20-26;14-11-13(19)16-3-7-22-10-9-21-6-2-15-12(18)1-5-20-8-4-17;1-13-9(11)3-5-15-7-8-16-6-4-10(12)14-2;9-3-1-5-11-7-8-12-6-2-4-10;1-9-6(8)2-4-10-5-3-7;6-2-1-4-8-5-3-7;1-3-4-2;1-2-3-4;2*3-1-2-4/h1-20H2,(H,27,31)(H,28,32)(H,29,33)(H,30,34);17H,1-11H2,(H,15,18)(H,16,19);3-8H2,1-2H3;1-2,5-8H2;7H,2-5H2,1H3;7H,1,3-5H2;3-4H2,1-2H3;4H,2-3H2,1H3;2*3-4H,1-2H2. The van der Waals surface area contributed by atoms with Crippen LogP contribution in [0.4, 0.5) is 0 Å². The number of amides is 6. The molecule has 0 heterocycles. The molecule has 0 radical (unpaired) electrons. The van der Waals surface area contributed by atoms with Crippen molar-refractivity contribution in [1.82, 2.24) is 31.9 Å². The lowest BCUT2D eigenvalue weighted by atomic mass is 10.4. The van der Waals surface area contributed by atoms with Crippen LogP contribution in [0.3, 0.4) is 0 Å². The number of esters is 3. The zero-order valence-electron chi connectivity index (χ0n) is 73.8. The van der Waals surface area contributed by atoms with Gasteiger partial charge >= 0.3 is 17.9 Å². The molecule has 124 heavy (non-hydrogen) atoms. The van der Waals surface area contributed by atoms with Crippen molar-refractivity contribution in [2.75, 3.05) is 328 Å². The Hall–Kier alpha value is -5.78. The molecule has 0 aromatic heterocycles. The fourth-order valence-corrected chi connectivity index (χ4v) is 6.63. The van der Waals surface area contributed by atoms with Gasteiger partial charge in [-0.25, -0.2) is 0 Å². The molecule has 0 aromatic carbocycles. The van der Waals surface area contributed by atoms with Crippen LogP contribution in [0.2, 0.25) is 0 Å². The molecular weight excluding hydrogens is 1850 g/mol. The number of methoxy groups -OCH3 is 3. The first-order valence-electron chi connectivity index (χ1n) is 40.3. The molecule has 0 saturated carbocycles. The Morgan fingerprint density at radius 1 is 0.234 bits per heavy atom. The summed E-state index contributed by atoms with van der Waals surface area (Å²) in [6.45, 7) is 20.0. The molecule has 0 aliphatic heterocycles. The average molecular weight is 2000 g/mol. The summed E-state index contributed by atoms with van der Waals surface area (Å²) in [5.41, 5.74) is 0. The van der Waals surface area contributed by atoms with Crippen LogP contribution in [0, 0.1) is 34.0 Å². The Balaban J connectivity index is -0.000000163. The van der Waals surface area contributed by atoms with Crippen molar-refractivity contribution in [2.45, 2.75) is 97.8 Å². The number of hydrogen-bond acceptors (Lipinski definition) is 38. The highest BCUT2D eigenvalue weighted by molar-refractivity contribution is 9.09. The van der Waals surface area contributed by atoms with Gasteiger partial charge in [-0.3, -0.25) is 43.2 Å². The Labute approximate surface area is 757 Å². The SMILES string of the molecule is CCCC.CCCO.COC(=O)CCOCCO.COC(=O)CCOCCOCCC(=O)OC.N#CCCOCCO.N#CCCOCCOCCC#N.O=C(CBr)NCCOCCOCCNC(=O)CCOCCO.O=C(CBr)NCCOCCOCCNC(=O)CCOCCOCCC(=O)NCCOCCOCCNC(=O)CBr.OCCO.OCCO. The highest BCUT2D eigenvalue weighted by atomic mass is 79.9. The van der Waals surface area contributed by atoms with Crippen LogP contribution in [-0.2, 0) is 128 Å². The van der Waals surface area contributed by atoms with E-state index in [0.717, 1.165) is 6.42 Å². The van der Waals surface area contributed by atoms with E-state index < -0.39 is 0 Å². The molecule has 44 nitrogen and oxygen atoms in total. The van der Waals surface area contributed by atoms with Gasteiger partial charge in [0.15, 0.2) is 0 Å². The van der Waals surface area contributed by atoms with Gasteiger partial charge in [-0.05, 0) is 6.42 Å². The van der Waals surface area contributed by atoms with E-state index in [1.54, 1.807) is 0 Å². The first-order chi connectivity index (χ1) is 60.2. The fourth-order valence-electron chi connectivity index (χ4n) is 6.04. The maximum Gasteiger partial charge on any atom is 0.307 e.